The summed E-state index contributed by atoms with van der Waals surface area (Å²) >= 11 is 3.11. The van der Waals surface area contributed by atoms with Gasteiger partial charge in [0.05, 0.1) is 0 Å². The maximum atomic E-state index is 10.9. The van der Waals surface area contributed by atoms with Gasteiger partial charge < -0.3 is 5.11 Å². The first kappa shape index (κ1) is 14.2. The van der Waals surface area contributed by atoms with E-state index < -0.39 is 5.97 Å². The summed E-state index contributed by atoms with van der Waals surface area (Å²) < 4.78 is 0. The van der Waals surface area contributed by atoms with Crippen molar-refractivity contribution in [1.82, 2.24) is 0 Å². The number of carbonyl (C=O) groups is 1. The quantitative estimate of drug-likeness (QED) is 0.832. The number of rotatable bonds is 4. The fraction of sp³-hybridized carbons (Fsp3) is 0.267. The number of hydrogen-bond acceptors (Lipinski definition) is 3. The Morgan fingerprint density at radius 3 is 2.58 bits per heavy atom. The average Bonchev–Trinajstić information content (AvgIpc) is 2.70. The Labute approximate surface area is 121 Å². The highest BCUT2D eigenvalue weighted by molar-refractivity contribution is 7.98. The van der Waals surface area contributed by atoms with Crippen molar-refractivity contribution in [3.8, 4) is 0 Å². The average molecular weight is 292 g/mol. The van der Waals surface area contributed by atoms with Gasteiger partial charge in [-0.25, -0.2) is 4.79 Å². The molecule has 0 saturated carbocycles. The van der Waals surface area contributed by atoms with Crippen molar-refractivity contribution in [1.29, 1.82) is 0 Å². The molecule has 0 unspecified atom stereocenters. The summed E-state index contributed by atoms with van der Waals surface area (Å²) in [6.07, 6.45) is 0. The molecule has 0 aliphatic carbocycles. The third-order valence-electron chi connectivity index (χ3n) is 2.94. The zero-order chi connectivity index (χ0) is 14.0. The predicted octanol–water partition coefficient (Wildman–Crippen LogP) is 4.66. The lowest BCUT2D eigenvalue weighted by molar-refractivity contribution is 0.0702. The Morgan fingerprint density at radius 1 is 1.26 bits per heavy atom. The Kier molecular flexibility index (Phi) is 4.32. The molecule has 0 amide bonds. The molecule has 1 aromatic carbocycles. The molecule has 0 atom stereocenters. The second-order valence-corrected chi connectivity index (χ2v) is 6.83. The van der Waals surface area contributed by atoms with Crippen LogP contribution in [0.4, 0.5) is 0 Å². The van der Waals surface area contributed by atoms with E-state index in [0.29, 0.717) is 4.88 Å². The minimum absolute atomic E-state index is 0.425. The molecule has 0 bridgehead atoms. The van der Waals surface area contributed by atoms with Crippen LogP contribution in [0.25, 0.3) is 0 Å². The number of aromatic carboxylic acids is 1. The van der Waals surface area contributed by atoms with E-state index in [9.17, 15) is 4.79 Å². The lowest BCUT2D eigenvalue weighted by Gasteiger charge is -2.06. The largest absolute Gasteiger partial charge is 0.477 e. The monoisotopic (exact) mass is 292 g/mol. The number of carboxylic acids is 1. The SMILES string of the molecule is Cc1ccc(SCc2cc(C(=O)O)sc2C)c(C)c1. The first-order valence-electron chi connectivity index (χ1n) is 6.00. The molecule has 2 nitrogen and oxygen atoms in total. The van der Waals surface area contributed by atoms with Crippen LogP contribution in [0.3, 0.4) is 0 Å². The van der Waals surface area contributed by atoms with Crippen LogP contribution < -0.4 is 0 Å². The smallest absolute Gasteiger partial charge is 0.345 e. The normalized spacial score (nSPS) is 10.7. The Bertz CT molecular complexity index is 615. The molecule has 2 rings (SSSR count). The Morgan fingerprint density at radius 2 is 2.00 bits per heavy atom. The van der Waals surface area contributed by atoms with Gasteiger partial charge in [0.1, 0.15) is 4.88 Å². The summed E-state index contributed by atoms with van der Waals surface area (Å²) in [5, 5.41) is 8.99. The number of benzene rings is 1. The summed E-state index contributed by atoms with van der Waals surface area (Å²) in [6, 6.07) is 8.21. The predicted molar refractivity (Wildman–Crippen MR) is 81.5 cm³/mol. The lowest BCUT2D eigenvalue weighted by atomic mass is 10.2. The lowest BCUT2D eigenvalue weighted by Crippen LogP contribution is -1.90. The highest BCUT2D eigenvalue weighted by Crippen LogP contribution is 2.30. The van der Waals surface area contributed by atoms with Gasteiger partial charge in [-0.1, -0.05) is 17.7 Å². The van der Waals surface area contributed by atoms with Crippen LogP contribution in [0.1, 0.15) is 31.2 Å². The van der Waals surface area contributed by atoms with E-state index in [0.717, 1.165) is 16.2 Å². The van der Waals surface area contributed by atoms with Crippen LogP contribution in [-0.2, 0) is 5.75 Å². The molecule has 1 heterocycles. The number of hydrogen-bond donors (Lipinski definition) is 1. The number of thioether (sulfide) groups is 1. The standard InChI is InChI=1S/C15H16O2S2/c1-9-4-5-13(10(2)6-9)18-8-12-7-14(15(16)17)19-11(12)3/h4-7H,8H2,1-3H3,(H,16,17). The van der Waals surface area contributed by atoms with Gasteiger partial charge >= 0.3 is 5.97 Å². The Balaban J connectivity index is 2.12. The zero-order valence-corrected chi connectivity index (χ0v) is 12.8. The minimum Gasteiger partial charge on any atom is -0.477 e. The van der Waals surface area contributed by atoms with Crippen molar-refractivity contribution < 1.29 is 9.90 Å². The van der Waals surface area contributed by atoms with Crippen molar-refractivity contribution in [2.75, 3.05) is 0 Å². The van der Waals surface area contributed by atoms with Gasteiger partial charge in [0, 0.05) is 15.5 Å². The molecule has 1 N–H and O–H groups in total. The second-order valence-electron chi connectivity index (χ2n) is 4.55. The second kappa shape index (κ2) is 5.80. The summed E-state index contributed by atoms with van der Waals surface area (Å²) in [4.78, 5) is 13.7. The van der Waals surface area contributed by atoms with Crippen molar-refractivity contribution in [3.05, 3.63) is 50.7 Å². The molecule has 0 aliphatic heterocycles. The third kappa shape index (κ3) is 3.39. The number of carboxylic acid groups (broad SMARTS) is 1. The van der Waals surface area contributed by atoms with Gasteiger partial charge in [-0.15, -0.1) is 23.1 Å². The topological polar surface area (TPSA) is 37.3 Å². The van der Waals surface area contributed by atoms with Crippen LogP contribution in [0.2, 0.25) is 0 Å². The Hall–Kier alpha value is -1.26. The van der Waals surface area contributed by atoms with E-state index in [4.69, 9.17) is 5.11 Å². The fourth-order valence-corrected chi connectivity index (χ4v) is 3.92. The molecule has 0 saturated heterocycles. The van der Waals surface area contributed by atoms with Crippen molar-refractivity contribution >= 4 is 29.1 Å². The minimum atomic E-state index is -0.837. The molecule has 0 spiro atoms. The van der Waals surface area contributed by atoms with Crippen molar-refractivity contribution in [3.63, 3.8) is 0 Å². The van der Waals surface area contributed by atoms with E-state index >= 15 is 0 Å². The first-order valence-corrected chi connectivity index (χ1v) is 7.80. The van der Waals surface area contributed by atoms with Crippen LogP contribution in [0.5, 0.6) is 0 Å². The van der Waals surface area contributed by atoms with Crippen LogP contribution in [0, 0.1) is 20.8 Å². The molecular weight excluding hydrogens is 276 g/mol. The maximum absolute atomic E-state index is 10.9. The van der Waals surface area contributed by atoms with Gasteiger partial charge in [0.25, 0.3) is 0 Å². The van der Waals surface area contributed by atoms with Crippen molar-refractivity contribution in [2.45, 2.75) is 31.4 Å². The molecule has 100 valence electrons. The van der Waals surface area contributed by atoms with Crippen LogP contribution >= 0.6 is 23.1 Å². The van der Waals surface area contributed by atoms with Gasteiger partial charge in [-0.05, 0) is 44.0 Å². The van der Waals surface area contributed by atoms with Crippen molar-refractivity contribution in [2.24, 2.45) is 0 Å². The zero-order valence-electron chi connectivity index (χ0n) is 11.2. The maximum Gasteiger partial charge on any atom is 0.345 e. The molecule has 0 radical (unpaired) electrons. The van der Waals surface area contributed by atoms with Gasteiger partial charge in [-0.3, -0.25) is 0 Å². The van der Waals surface area contributed by atoms with Gasteiger partial charge in [0.2, 0.25) is 0 Å². The van der Waals surface area contributed by atoms with E-state index in [-0.39, 0.29) is 0 Å². The van der Waals surface area contributed by atoms with E-state index in [2.05, 4.69) is 32.0 Å². The van der Waals surface area contributed by atoms with Gasteiger partial charge in [0.15, 0.2) is 0 Å². The number of aryl methyl sites for hydroxylation is 3. The summed E-state index contributed by atoms with van der Waals surface area (Å²) in [7, 11) is 0. The fourth-order valence-electron chi connectivity index (χ4n) is 1.89. The molecular formula is C15H16O2S2. The molecule has 0 aliphatic rings. The van der Waals surface area contributed by atoms with Gasteiger partial charge in [-0.2, -0.15) is 0 Å². The highest BCUT2D eigenvalue weighted by Gasteiger charge is 2.11. The summed E-state index contributed by atoms with van der Waals surface area (Å²) in [5.74, 6) is -0.0182. The highest BCUT2D eigenvalue weighted by atomic mass is 32.2. The first-order chi connectivity index (χ1) is 8.97. The van der Waals surface area contributed by atoms with E-state index in [1.54, 1.807) is 17.8 Å². The van der Waals surface area contributed by atoms with E-state index in [1.165, 1.54) is 27.4 Å². The molecule has 0 fully saturated rings. The molecule has 4 heteroatoms. The molecule has 2 aromatic rings. The number of thiophene rings is 1. The summed E-state index contributed by atoms with van der Waals surface area (Å²) in [5.41, 5.74) is 3.66. The molecule has 19 heavy (non-hydrogen) atoms. The molecule has 1 aromatic heterocycles. The third-order valence-corrected chi connectivity index (χ3v) is 5.25. The van der Waals surface area contributed by atoms with E-state index in [1.807, 2.05) is 6.92 Å². The van der Waals surface area contributed by atoms with Crippen LogP contribution in [-0.4, -0.2) is 11.1 Å². The van der Waals surface area contributed by atoms with Crippen LogP contribution in [0.15, 0.2) is 29.2 Å². The summed E-state index contributed by atoms with van der Waals surface area (Å²) in [6.45, 7) is 6.18.